The fourth-order valence-corrected chi connectivity index (χ4v) is 3.96. The van der Waals surface area contributed by atoms with Crippen LogP contribution in [0.2, 0.25) is 0 Å². The van der Waals surface area contributed by atoms with Gasteiger partial charge in [-0.25, -0.2) is 13.1 Å². The Hall–Kier alpha value is -0.920. The molecule has 3 N–H and O–H groups in total. The van der Waals surface area contributed by atoms with Gasteiger partial charge >= 0.3 is 0 Å². The Labute approximate surface area is 114 Å². The number of nitrogens with zero attached hydrogens (tertiary/aromatic N) is 1. The van der Waals surface area contributed by atoms with Crippen LogP contribution in [0.3, 0.4) is 0 Å². The van der Waals surface area contributed by atoms with E-state index in [4.69, 9.17) is 5.11 Å². The van der Waals surface area contributed by atoms with Crippen LogP contribution >= 0.6 is 0 Å². The fourth-order valence-electron chi connectivity index (χ4n) is 2.42. The number of nitrogens with one attached hydrogen (secondary N) is 2. The van der Waals surface area contributed by atoms with Gasteiger partial charge in [0.15, 0.2) is 5.03 Å². The smallest absolute Gasteiger partial charge is 0.258 e. The van der Waals surface area contributed by atoms with Crippen molar-refractivity contribution < 1.29 is 13.5 Å². The van der Waals surface area contributed by atoms with Crippen LogP contribution in [0.4, 0.5) is 0 Å². The van der Waals surface area contributed by atoms with Crippen LogP contribution < -0.4 is 4.72 Å². The average Bonchev–Trinajstić information content (AvgIpc) is 2.58. The minimum absolute atomic E-state index is 0.000185. The van der Waals surface area contributed by atoms with Crippen LogP contribution in [0, 0.1) is 5.41 Å². The molecule has 0 fully saturated rings. The zero-order chi connectivity index (χ0) is 14.9. The van der Waals surface area contributed by atoms with Gasteiger partial charge in [0, 0.05) is 11.1 Å². The van der Waals surface area contributed by atoms with Crippen LogP contribution in [0.25, 0.3) is 0 Å². The molecule has 0 aromatic carbocycles. The molecule has 1 heterocycles. The van der Waals surface area contributed by atoms with Crippen LogP contribution in [0.5, 0.6) is 0 Å². The molecule has 0 amide bonds. The second-order valence-corrected chi connectivity index (χ2v) is 8.23. The molecular formula is C12H23N3O3S. The fraction of sp³-hybridized carbons (Fsp3) is 0.750. The summed E-state index contributed by atoms with van der Waals surface area (Å²) in [6.45, 7) is 9.47. The van der Waals surface area contributed by atoms with E-state index in [1.807, 2.05) is 13.8 Å². The lowest BCUT2D eigenvalue weighted by atomic mass is 9.82. The Balaban J connectivity index is 2.98. The highest BCUT2D eigenvalue weighted by Crippen LogP contribution is 2.28. The van der Waals surface area contributed by atoms with Crippen LogP contribution in [-0.4, -0.2) is 29.3 Å². The summed E-state index contributed by atoms with van der Waals surface area (Å²) in [7, 11) is -3.72. The number of H-pyrrole nitrogens is 1. The Kier molecular flexibility index (Phi) is 4.44. The molecular weight excluding hydrogens is 266 g/mol. The first-order valence-corrected chi connectivity index (χ1v) is 7.62. The van der Waals surface area contributed by atoms with Crippen molar-refractivity contribution in [3.8, 4) is 0 Å². The van der Waals surface area contributed by atoms with E-state index in [-0.39, 0.29) is 22.6 Å². The van der Waals surface area contributed by atoms with Gasteiger partial charge in [0.05, 0.1) is 12.8 Å². The molecule has 0 aliphatic rings. The lowest BCUT2D eigenvalue weighted by molar-refractivity contribution is 0.267. The van der Waals surface area contributed by atoms with E-state index in [0.29, 0.717) is 6.42 Å². The first-order valence-electron chi connectivity index (χ1n) is 6.14. The lowest BCUT2D eigenvalue weighted by Crippen LogP contribution is -2.46. The molecule has 0 atom stereocenters. The van der Waals surface area contributed by atoms with Crippen molar-refractivity contribution in [3.63, 3.8) is 0 Å². The van der Waals surface area contributed by atoms with E-state index in [9.17, 15) is 8.42 Å². The maximum absolute atomic E-state index is 12.3. The summed E-state index contributed by atoms with van der Waals surface area (Å²) in [5, 5.41) is 15.1. The minimum Gasteiger partial charge on any atom is -0.392 e. The van der Waals surface area contributed by atoms with Gasteiger partial charge in [0.2, 0.25) is 0 Å². The van der Waals surface area contributed by atoms with Crippen molar-refractivity contribution in [3.05, 3.63) is 11.8 Å². The number of aliphatic hydroxyl groups is 1. The molecule has 0 aliphatic heterocycles. The Bertz CT molecular complexity index is 527. The SMILES string of the molecule is CC(C)(C)CC(C)(C)NS(=O)(=O)c1[nH]ncc1CO. The van der Waals surface area contributed by atoms with Gasteiger partial charge in [-0.15, -0.1) is 0 Å². The molecule has 0 spiro atoms. The molecule has 110 valence electrons. The number of hydrogen-bond donors (Lipinski definition) is 3. The molecule has 1 rings (SSSR count). The molecule has 19 heavy (non-hydrogen) atoms. The summed E-state index contributed by atoms with van der Waals surface area (Å²) in [5.74, 6) is 0. The maximum atomic E-state index is 12.3. The lowest BCUT2D eigenvalue weighted by Gasteiger charge is -2.32. The van der Waals surface area contributed by atoms with Crippen molar-refractivity contribution in [2.24, 2.45) is 5.41 Å². The number of aromatic nitrogens is 2. The normalized spacial score (nSPS) is 13.8. The van der Waals surface area contributed by atoms with Crippen molar-refractivity contribution in [1.29, 1.82) is 0 Å². The molecule has 1 aromatic heterocycles. The number of aliphatic hydroxyl groups excluding tert-OH is 1. The van der Waals surface area contributed by atoms with E-state index < -0.39 is 15.6 Å². The van der Waals surface area contributed by atoms with Crippen LogP contribution in [0.1, 0.15) is 46.6 Å². The predicted molar refractivity (Wildman–Crippen MR) is 73.0 cm³/mol. The Morgan fingerprint density at radius 1 is 1.32 bits per heavy atom. The van der Waals surface area contributed by atoms with Gasteiger partial charge in [0.25, 0.3) is 10.0 Å². The molecule has 0 saturated carbocycles. The highest BCUT2D eigenvalue weighted by molar-refractivity contribution is 7.89. The van der Waals surface area contributed by atoms with Crippen molar-refractivity contribution in [2.45, 2.75) is 58.2 Å². The van der Waals surface area contributed by atoms with E-state index in [1.54, 1.807) is 0 Å². The van der Waals surface area contributed by atoms with Crippen molar-refractivity contribution >= 4 is 10.0 Å². The third-order valence-electron chi connectivity index (χ3n) is 2.50. The highest BCUT2D eigenvalue weighted by Gasteiger charge is 2.32. The molecule has 0 bridgehead atoms. The van der Waals surface area contributed by atoms with E-state index in [2.05, 4.69) is 35.7 Å². The standard InChI is InChI=1S/C12H23N3O3S/c1-11(2,3)8-12(4,5)15-19(17,18)10-9(7-16)6-13-14-10/h6,15-16H,7-8H2,1-5H3,(H,13,14). The highest BCUT2D eigenvalue weighted by atomic mass is 32.2. The molecule has 0 unspecified atom stereocenters. The number of aromatic amines is 1. The first kappa shape index (κ1) is 16.1. The molecule has 1 aromatic rings. The Morgan fingerprint density at radius 3 is 2.37 bits per heavy atom. The maximum Gasteiger partial charge on any atom is 0.258 e. The predicted octanol–water partition coefficient (Wildman–Crippen LogP) is 1.40. The summed E-state index contributed by atoms with van der Waals surface area (Å²) in [4.78, 5) is 0. The van der Waals surface area contributed by atoms with Crippen molar-refractivity contribution in [1.82, 2.24) is 14.9 Å². The van der Waals surface area contributed by atoms with E-state index in [1.165, 1.54) is 6.20 Å². The van der Waals surface area contributed by atoms with Crippen LogP contribution in [0.15, 0.2) is 11.2 Å². The van der Waals surface area contributed by atoms with Gasteiger partial charge < -0.3 is 5.11 Å². The number of rotatable bonds is 5. The van der Waals surface area contributed by atoms with Crippen LogP contribution in [-0.2, 0) is 16.6 Å². The number of sulfonamides is 1. The van der Waals surface area contributed by atoms with Gasteiger partial charge in [-0.05, 0) is 25.7 Å². The summed E-state index contributed by atoms with van der Waals surface area (Å²) in [6.07, 6.45) is 1.99. The number of hydrogen-bond acceptors (Lipinski definition) is 4. The van der Waals surface area contributed by atoms with Gasteiger partial charge in [-0.3, -0.25) is 5.10 Å². The summed E-state index contributed by atoms with van der Waals surface area (Å²) in [6, 6.07) is 0. The van der Waals surface area contributed by atoms with E-state index in [0.717, 1.165) is 0 Å². The molecule has 7 heteroatoms. The average molecular weight is 289 g/mol. The third-order valence-corrected chi connectivity index (χ3v) is 4.21. The van der Waals surface area contributed by atoms with E-state index >= 15 is 0 Å². The second kappa shape index (κ2) is 5.22. The largest absolute Gasteiger partial charge is 0.392 e. The van der Waals surface area contributed by atoms with Gasteiger partial charge in [-0.2, -0.15) is 5.10 Å². The quantitative estimate of drug-likeness (QED) is 0.763. The third kappa shape index (κ3) is 4.59. The minimum atomic E-state index is -3.72. The zero-order valence-electron chi connectivity index (χ0n) is 12.1. The van der Waals surface area contributed by atoms with Gasteiger partial charge in [0.1, 0.15) is 0 Å². The summed E-state index contributed by atoms with van der Waals surface area (Å²) in [5.41, 5.74) is -0.326. The van der Waals surface area contributed by atoms with Crippen molar-refractivity contribution in [2.75, 3.05) is 0 Å². The zero-order valence-corrected chi connectivity index (χ0v) is 12.9. The summed E-state index contributed by atoms with van der Waals surface area (Å²) >= 11 is 0. The monoisotopic (exact) mass is 289 g/mol. The van der Waals surface area contributed by atoms with Gasteiger partial charge in [-0.1, -0.05) is 20.8 Å². The molecule has 0 saturated heterocycles. The topological polar surface area (TPSA) is 95.1 Å². The second-order valence-electron chi connectivity index (χ2n) is 6.61. The first-order chi connectivity index (χ1) is 8.47. The molecule has 0 aliphatic carbocycles. The summed E-state index contributed by atoms with van der Waals surface area (Å²) < 4.78 is 27.2. The molecule has 6 nitrogen and oxygen atoms in total. The molecule has 0 radical (unpaired) electrons. The Morgan fingerprint density at radius 2 is 1.89 bits per heavy atom.